The second-order valence-electron chi connectivity index (χ2n) is 11.5. The maximum Gasteiger partial charge on any atom is 0.333 e. The summed E-state index contributed by atoms with van der Waals surface area (Å²) in [4.78, 5) is 38.1. The lowest BCUT2D eigenvalue weighted by Gasteiger charge is -2.40. The highest BCUT2D eigenvalue weighted by Crippen LogP contribution is 2.38. The minimum absolute atomic E-state index is 0.151. The lowest BCUT2D eigenvalue weighted by molar-refractivity contribution is -0.161. The molecule has 0 saturated heterocycles. The number of aryl methyl sites for hydroxylation is 2. The van der Waals surface area contributed by atoms with E-state index in [9.17, 15) is 9.59 Å². The van der Waals surface area contributed by atoms with E-state index in [0.717, 1.165) is 42.8 Å². The van der Waals surface area contributed by atoms with Crippen molar-refractivity contribution in [2.45, 2.75) is 83.6 Å². The van der Waals surface area contributed by atoms with Gasteiger partial charge in [0.15, 0.2) is 18.2 Å². The molecule has 0 spiro atoms. The first kappa shape index (κ1) is 27.3. The second-order valence-corrected chi connectivity index (χ2v) is 11.9. The highest BCUT2D eigenvalue weighted by molar-refractivity contribution is 6.52. The van der Waals surface area contributed by atoms with E-state index >= 15 is 0 Å². The monoisotopic (exact) mass is 533 g/mol. The van der Waals surface area contributed by atoms with Crippen LogP contribution >= 0.6 is 11.6 Å². The van der Waals surface area contributed by atoms with E-state index in [-0.39, 0.29) is 11.9 Å². The molecule has 1 aliphatic carbocycles. The molecule has 10 nitrogen and oxygen atoms in total. The van der Waals surface area contributed by atoms with Crippen molar-refractivity contribution >= 4 is 40.3 Å². The third-order valence-electron chi connectivity index (χ3n) is 7.09. The summed E-state index contributed by atoms with van der Waals surface area (Å²) in [6, 6.07) is -0.612. The summed E-state index contributed by atoms with van der Waals surface area (Å²) in [6.07, 6.45) is 4.52. The smallest absolute Gasteiger partial charge is 0.333 e. The Morgan fingerprint density at radius 2 is 1.78 bits per heavy atom. The average molecular weight is 534 g/mol. The number of nitrogens with zero attached hydrogens (tertiary/aromatic N) is 6. The number of carbonyl (C=O) groups is 2. The number of fused-ring (bicyclic) bond motifs is 1. The number of esters is 1. The number of ether oxygens (including phenoxy) is 1. The molecule has 0 aromatic carbocycles. The third-order valence-corrected chi connectivity index (χ3v) is 7.50. The Balaban J connectivity index is 1.69. The van der Waals surface area contributed by atoms with Crippen LogP contribution in [0.1, 0.15) is 64.1 Å². The Labute approximate surface area is 224 Å². The molecule has 3 aliphatic rings. The van der Waals surface area contributed by atoms with Gasteiger partial charge in [0.05, 0.1) is 28.4 Å². The minimum Gasteiger partial charge on any atom is -0.458 e. The van der Waals surface area contributed by atoms with Gasteiger partial charge in [-0.25, -0.2) is 9.79 Å². The highest BCUT2D eigenvalue weighted by Gasteiger charge is 2.48. The number of guanidine groups is 1. The lowest BCUT2D eigenvalue weighted by Crippen LogP contribution is -2.58. The molecule has 1 aromatic rings. The molecule has 1 amide bonds. The zero-order chi connectivity index (χ0) is 27.2. The van der Waals surface area contributed by atoms with Crippen LogP contribution in [-0.2, 0) is 21.4 Å². The average Bonchev–Trinajstić information content (AvgIpc) is 3.33. The van der Waals surface area contributed by atoms with Gasteiger partial charge in [-0.1, -0.05) is 30.9 Å². The quantitative estimate of drug-likeness (QED) is 0.594. The summed E-state index contributed by atoms with van der Waals surface area (Å²) in [5.74, 6) is 0.800. The van der Waals surface area contributed by atoms with Gasteiger partial charge in [-0.15, -0.1) is 0 Å². The van der Waals surface area contributed by atoms with E-state index in [1.165, 1.54) is 6.42 Å². The summed E-state index contributed by atoms with van der Waals surface area (Å²) in [5.41, 5.74) is 1.26. The van der Waals surface area contributed by atoms with Crippen LogP contribution in [0.15, 0.2) is 10.6 Å². The fraction of sp³-hybridized carbons (Fsp3) is 0.692. The zero-order valence-electron chi connectivity index (χ0n) is 23.3. The number of aromatic nitrogens is 2. The predicted molar refractivity (Wildman–Crippen MR) is 145 cm³/mol. The maximum absolute atomic E-state index is 13.7. The standard InChI is InChI=1S/C26H40ClN7O3/c1-15-18-19(27)17(14-32(7)23(18)33(8)30-15)22(35)28-21-20(24(36)37-26(2,3)4)34(25(29-21)31(5)6)16-12-10-9-11-13-16/h16,20-21H,9-14H2,1-8H3,(H,28,35). The van der Waals surface area contributed by atoms with Crippen LogP contribution in [0.25, 0.3) is 5.03 Å². The van der Waals surface area contributed by atoms with Gasteiger partial charge in [0.1, 0.15) is 11.4 Å². The van der Waals surface area contributed by atoms with Crippen molar-refractivity contribution in [3.05, 3.63) is 16.8 Å². The fourth-order valence-electron chi connectivity index (χ4n) is 5.62. The van der Waals surface area contributed by atoms with Crippen molar-refractivity contribution in [2.75, 3.05) is 32.6 Å². The molecule has 2 atom stereocenters. The number of nitrogens with one attached hydrogen (secondary N) is 1. The fourth-order valence-corrected chi connectivity index (χ4v) is 5.98. The van der Waals surface area contributed by atoms with E-state index in [1.54, 1.807) is 4.68 Å². The first-order valence-electron chi connectivity index (χ1n) is 13.0. The number of halogens is 1. The summed E-state index contributed by atoms with van der Waals surface area (Å²) < 4.78 is 7.62. The van der Waals surface area contributed by atoms with Crippen LogP contribution in [0.2, 0.25) is 0 Å². The number of hydrogen-bond acceptors (Lipinski definition) is 8. The van der Waals surface area contributed by atoms with Crippen molar-refractivity contribution in [3.63, 3.8) is 0 Å². The summed E-state index contributed by atoms with van der Waals surface area (Å²) in [5, 5.41) is 7.89. The molecule has 1 aromatic heterocycles. The molecule has 0 radical (unpaired) electrons. The topological polar surface area (TPSA) is 95.3 Å². The minimum atomic E-state index is -0.805. The molecule has 0 bridgehead atoms. The summed E-state index contributed by atoms with van der Waals surface area (Å²) >= 11 is 6.79. The normalized spacial score (nSPS) is 22.7. The Kier molecular flexibility index (Phi) is 7.52. The van der Waals surface area contributed by atoms with Crippen molar-refractivity contribution < 1.29 is 14.3 Å². The highest BCUT2D eigenvalue weighted by atomic mass is 35.5. The van der Waals surface area contributed by atoms with E-state index < -0.39 is 23.8 Å². The van der Waals surface area contributed by atoms with E-state index in [0.29, 0.717) is 23.1 Å². The van der Waals surface area contributed by atoms with Crippen LogP contribution in [0.4, 0.5) is 5.82 Å². The third kappa shape index (κ3) is 5.30. The van der Waals surface area contributed by atoms with Gasteiger partial charge in [0.2, 0.25) is 0 Å². The van der Waals surface area contributed by atoms with Gasteiger partial charge in [0.25, 0.3) is 5.91 Å². The van der Waals surface area contributed by atoms with Gasteiger partial charge in [-0.05, 0) is 40.5 Å². The molecule has 37 heavy (non-hydrogen) atoms. The van der Waals surface area contributed by atoms with Gasteiger partial charge >= 0.3 is 5.97 Å². The Bertz CT molecular complexity index is 1130. The van der Waals surface area contributed by atoms with E-state index in [1.807, 2.05) is 65.7 Å². The van der Waals surface area contributed by atoms with Crippen molar-refractivity contribution in [1.82, 2.24) is 24.9 Å². The molecule has 1 saturated carbocycles. The molecule has 11 heteroatoms. The molecule has 2 unspecified atom stereocenters. The Hall–Kier alpha value is -2.75. The van der Waals surface area contributed by atoms with Gasteiger partial charge in [-0.3, -0.25) is 9.48 Å². The van der Waals surface area contributed by atoms with Crippen LogP contribution in [-0.4, -0.2) is 89.0 Å². The first-order chi connectivity index (χ1) is 17.3. The predicted octanol–water partition coefficient (Wildman–Crippen LogP) is 2.85. The Morgan fingerprint density at radius 3 is 2.38 bits per heavy atom. The SMILES string of the molecule is Cc1nn(C)c2c1C(Cl)=C(C(=O)NC1N=C(N(C)C)N(C3CCCCC3)C1C(=O)OC(C)(C)C)CN2C. The van der Waals surface area contributed by atoms with Crippen LogP contribution < -0.4 is 10.2 Å². The number of likely N-dealkylation sites (N-methyl/N-ethyl adjacent to an activating group) is 1. The van der Waals surface area contributed by atoms with Gasteiger partial charge < -0.3 is 24.8 Å². The molecule has 1 fully saturated rings. The van der Waals surface area contributed by atoms with E-state index in [2.05, 4.69) is 15.3 Å². The van der Waals surface area contributed by atoms with Crippen molar-refractivity contribution in [3.8, 4) is 0 Å². The number of anilines is 1. The number of aliphatic imine (C=N–C) groups is 1. The summed E-state index contributed by atoms with van der Waals surface area (Å²) in [7, 11) is 7.59. The first-order valence-corrected chi connectivity index (χ1v) is 13.4. The van der Waals surface area contributed by atoms with Crippen LogP contribution in [0, 0.1) is 6.92 Å². The molecule has 1 N–H and O–H groups in total. The lowest BCUT2D eigenvalue weighted by atomic mass is 9.93. The number of amides is 1. The van der Waals surface area contributed by atoms with Crippen molar-refractivity contribution in [2.24, 2.45) is 12.0 Å². The van der Waals surface area contributed by atoms with E-state index in [4.69, 9.17) is 21.3 Å². The number of carbonyl (C=O) groups excluding carboxylic acids is 2. The molecular formula is C26H40ClN7O3. The van der Waals surface area contributed by atoms with Gasteiger partial charge in [0, 0.05) is 34.2 Å². The number of rotatable bonds is 4. The Morgan fingerprint density at radius 1 is 1.14 bits per heavy atom. The molecule has 204 valence electrons. The van der Waals surface area contributed by atoms with Crippen LogP contribution in [0.3, 0.4) is 0 Å². The maximum atomic E-state index is 13.7. The zero-order valence-corrected chi connectivity index (χ0v) is 24.0. The molecule has 3 heterocycles. The van der Waals surface area contributed by atoms with Crippen LogP contribution in [0.5, 0.6) is 0 Å². The molecule has 2 aliphatic heterocycles. The van der Waals surface area contributed by atoms with Gasteiger partial charge in [-0.2, -0.15) is 5.10 Å². The second kappa shape index (κ2) is 10.2. The van der Waals surface area contributed by atoms with Crippen molar-refractivity contribution in [1.29, 1.82) is 0 Å². The molecular weight excluding hydrogens is 494 g/mol. The number of hydrogen-bond donors (Lipinski definition) is 1. The largest absolute Gasteiger partial charge is 0.458 e. The summed E-state index contributed by atoms with van der Waals surface area (Å²) in [6.45, 7) is 7.74. The molecule has 4 rings (SSSR count).